The third-order valence-electron chi connectivity index (χ3n) is 3.30. The van der Waals surface area contributed by atoms with Crippen LogP contribution in [0.4, 0.5) is 0 Å². The first-order valence-corrected chi connectivity index (χ1v) is 6.00. The number of nitrogens with zero attached hydrogens (tertiary/aromatic N) is 4. The number of rotatable bonds is 2. The Morgan fingerprint density at radius 3 is 3.00 bits per heavy atom. The van der Waals surface area contributed by atoms with E-state index < -0.39 is 0 Å². The van der Waals surface area contributed by atoms with Crippen molar-refractivity contribution in [1.29, 1.82) is 0 Å². The quantitative estimate of drug-likeness (QED) is 0.610. The number of ether oxygens (including phenoxy) is 1. The summed E-state index contributed by atoms with van der Waals surface area (Å²) in [6.07, 6.45) is 4.80. The number of esters is 1. The van der Waals surface area contributed by atoms with Gasteiger partial charge in [-0.25, -0.2) is 9.67 Å². The summed E-state index contributed by atoms with van der Waals surface area (Å²) in [5.41, 5.74) is 0.711. The second kappa shape index (κ2) is 4.20. The van der Waals surface area contributed by atoms with Gasteiger partial charge in [0.15, 0.2) is 5.65 Å². The second-order valence-electron chi connectivity index (χ2n) is 4.35. The van der Waals surface area contributed by atoms with E-state index in [1.807, 2.05) is 4.68 Å². The van der Waals surface area contributed by atoms with Crippen LogP contribution in [0.3, 0.4) is 0 Å². The highest BCUT2D eigenvalue weighted by atomic mass is 35.5. The van der Waals surface area contributed by atoms with Crippen LogP contribution in [0, 0.1) is 5.92 Å². The third-order valence-corrected chi connectivity index (χ3v) is 3.48. The van der Waals surface area contributed by atoms with Crippen molar-refractivity contribution in [2.75, 3.05) is 7.11 Å². The monoisotopic (exact) mass is 266 g/mol. The molecule has 0 N–H and O–H groups in total. The lowest BCUT2D eigenvalue weighted by Gasteiger charge is -2.33. The molecule has 0 atom stereocenters. The average molecular weight is 267 g/mol. The number of halogens is 1. The van der Waals surface area contributed by atoms with Crippen LogP contribution in [0.2, 0.25) is 5.28 Å². The topological polar surface area (TPSA) is 69.9 Å². The molecule has 18 heavy (non-hydrogen) atoms. The average Bonchev–Trinajstić information content (AvgIpc) is 2.70. The molecule has 0 bridgehead atoms. The first-order valence-electron chi connectivity index (χ1n) is 5.62. The molecule has 7 heteroatoms. The fraction of sp³-hybridized carbons (Fsp3) is 0.455. The van der Waals surface area contributed by atoms with Crippen LogP contribution in [0.5, 0.6) is 0 Å². The minimum atomic E-state index is -0.157. The molecule has 1 saturated carbocycles. The lowest BCUT2D eigenvalue weighted by atomic mass is 9.80. The number of carbonyl (C=O) groups is 1. The van der Waals surface area contributed by atoms with Gasteiger partial charge in [0.2, 0.25) is 5.28 Å². The van der Waals surface area contributed by atoms with Crippen molar-refractivity contribution in [2.24, 2.45) is 5.92 Å². The lowest BCUT2D eigenvalue weighted by Crippen LogP contribution is -2.33. The number of hydrogen-bond donors (Lipinski definition) is 0. The highest BCUT2D eigenvalue weighted by molar-refractivity contribution is 6.28. The standard InChI is InChI=1S/C11H11ClN4O2/c1-18-10(17)6-2-8(3-6)16-9-7(5-14-16)4-13-11(12)15-9/h4-6,8H,2-3H2,1H3/t6-,8+. The van der Waals surface area contributed by atoms with Crippen molar-refractivity contribution in [2.45, 2.75) is 18.9 Å². The van der Waals surface area contributed by atoms with E-state index in [4.69, 9.17) is 16.3 Å². The van der Waals surface area contributed by atoms with Crippen molar-refractivity contribution in [3.05, 3.63) is 17.7 Å². The van der Waals surface area contributed by atoms with Crippen molar-refractivity contribution in [3.8, 4) is 0 Å². The Morgan fingerprint density at radius 1 is 1.50 bits per heavy atom. The summed E-state index contributed by atoms with van der Waals surface area (Å²) in [6, 6.07) is 0.178. The summed E-state index contributed by atoms with van der Waals surface area (Å²) in [6.45, 7) is 0. The van der Waals surface area contributed by atoms with E-state index >= 15 is 0 Å². The van der Waals surface area contributed by atoms with E-state index in [-0.39, 0.29) is 23.2 Å². The van der Waals surface area contributed by atoms with Crippen molar-refractivity contribution < 1.29 is 9.53 Å². The molecule has 0 aliphatic heterocycles. The fourth-order valence-electron chi connectivity index (χ4n) is 2.23. The van der Waals surface area contributed by atoms with Crippen LogP contribution in [0.25, 0.3) is 11.0 Å². The molecule has 2 heterocycles. The molecule has 0 unspecified atom stereocenters. The summed E-state index contributed by atoms with van der Waals surface area (Å²) in [4.78, 5) is 19.4. The molecular formula is C11H11ClN4O2. The molecule has 2 aromatic rings. The van der Waals surface area contributed by atoms with E-state index in [0.717, 1.165) is 18.2 Å². The normalized spacial score (nSPS) is 22.8. The molecular weight excluding hydrogens is 256 g/mol. The predicted molar refractivity (Wildman–Crippen MR) is 64.1 cm³/mol. The second-order valence-corrected chi connectivity index (χ2v) is 4.69. The Bertz CT molecular complexity index is 606. The van der Waals surface area contributed by atoms with Crippen LogP contribution in [0.15, 0.2) is 12.4 Å². The van der Waals surface area contributed by atoms with E-state index in [0.29, 0.717) is 5.65 Å². The van der Waals surface area contributed by atoms with Crippen molar-refractivity contribution in [3.63, 3.8) is 0 Å². The molecule has 1 aliphatic carbocycles. The van der Waals surface area contributed by atoms with Gasteiger partial charge >= 0.3 is 5.97 Å². The maximum absolute atomic E-state index is 11.3. The number of methoxy groups -OCH3 is 1. The van der Waals surface area contributed by atoms with Crippen molar-refractivity contribution in [1.82, 2.24) is 19.7 Å². The Labute approximate surface area is 108 Å². The SMILES string of the molecule is COC(=O)[C@H]1C[C@@H](n2ncc3cnc(Cl)nc32)C1. The first-order chi connectivity index (χ1) is 8.69. The smallest absolute Gasteiger partial charge is 0.308 e. The minimum absolute atomic E-state index is 0.0310. The van der Waals surface area contributed by atoms with Gasteiger partial charge in [-0.05, 0) is 24.4 Å². The maximum atomic E-state index is 11.3. The van der Waals surface area contributed by atoms with Gasteiger partial charge in [0.05, 0.1) is 30.7 Å². The largest absolute Gasteiger partial charge is 0.469 e. The van der Waals surface area contributed by atoms with E-state index in [1.54, 1.807) is 12.4 Å². The summed E-state index contributed by atoms with van der Waals surface area (Å²) in [7, 11) is 1.41. The van der Waals surface area contributed by atoms with Gasteiger partial charge in [0.25, 0.3) is 0 Å². The summed E-state index contributed by atoms with van der Waals surface area (Å²) in [5, 5.41) is 5.33. The minimum Gasteiger partial charge on any atom is -0.469 e. The fourth-order valence-corrected chi connectivity index (χ4v) is 2.36. The van der Waals surface area contributed by atoms with Crippen LogP contribution in [-0.2, 0) is 9.53 Å². The Kier molecular flexibility index (Phi) is 2.66. The zero-order valence-electron chi connectivity index (χ0n) is 9.71. The predicted octanol–water partition coefficient (Wildman–Crippen LogP) is 1.60. The molecule has 94 valence electrons. The van der Waals surface area contributed by atoms with Gasteiger partial charge in [-0.3, -0.25) is 4.79 Å². The van der Waals surface area contributed by atoms with Gasteiger partial charge in [-0.1, -0.05) is 0 Å². The first kappa shape index (κ1) is 11.4. The van der Waals surface area contributed by atoms with E-state index in [1.165, 1.54) is 7.11 Å². The molecule has 1 aliphatic rings. The summed E-state index contributed by atoms with van der Waals surface area (Å²) >= 11 is 5.78. The van der Waals surface area contributed by atoms with Gasteiger partial charge in [-0.15, -0.1) is 0 Å². The maximum Gasteiger partial charge on any atom is 0.308 e. The molecule has 0 aromatic carbocycles. The van der Waals surface area contributed by atoms with Crippen molar-refractivity contribution >= 4 is 28.6 Å². The molecule has 3 rings (SSSR count). The Morgan fingerprint density at radius 2 is 2.28 bits per heavy atom. The van der Waals surface area contributed by atoms with Gasteiger partial charge in [-0.2, -0.15) is 10.1 Å². The van der Waals surface area contributed by atoms with Crippen LogP contribution >= 0.6 is 11.6 Å². The highest BCUT2D eigenvalue weighted by Crippen LogP contribution is 2.39. The zero-order chi connectivity index (χ0) is 12.7. The molecule has 6 nitrogen and oxygen atoms in total. The van der Waals surface area contributed by atoms with Gasteiger partial charge in [0.1, 0.15) is 0 Å². The summed E-state index contributed by atoms with van der Waals surface area (Å²) in [5.74, 6) is -0.188. The number of hydrogen-bond acceptors (Lipinski definition) is 5. The highest BCUT2D eigenvalue weighted by Gasteiger charge is 2.37. The third kappa shape index (κ3) is 1.73. The number of carbonyl (C=O) groups excluding carboxylic acids is 1. The van der Waals surface area contributed by atoms with Crippen LogP contribution < -0.4 is 0 Å². The molecule has 0 radical (unpaired) electrons. The number of fused-ring (bicyclic) bond motifs is 1. The molecule has 2 aromatic heterocycles. The Balaban J connectivity index is 1.84. The Hall–Kier alpha value is -1.69. The zero-order valence-corrected chi connectivity index (χ0v) is 10.5. The van der Waals surface area contributed by atoms with Crippen LogP contribution in [0.1, 0.15) is 18.9 Å². The molecule has 0 spiro atoms. The van der Waals surface area contributed by atoms with E-state index in [2.05, 4.69) is 15.1 Å². The number of aromatic nitrogens is 4. The van der Waals surface area contributed by atoms with E-state index in [9.17, 15) is 4.79 Å². The van der Waals surface area contributed by atoms with Gasteiger partial charge < -0.3 is 4.74 Å². The molecule has 0 saturated heterocycles. The molecule has 0 amide bonds. The van der Waals surface area contributed by atoms with Crippen LogP contribution in [-0.4, -0.2) is 32.8 Å². The molecule has 1 fully saturated rings. The van der Waals surface area contributed by atoms with Gasteiger partial charge in [0, 0.05) is 6.20 Å². The summed E-state index contributed by atoms with van der Waals surface area (Å²) < 4.78 is 6.52. The lowest BCUT2D eigenvalue weighted by molar-refractivity contribution is -0.149.